The molecule has 0 aromatic carbocycles. The molecule has 0 aliphatic heterocycles. The molecule has 0 amide bonds. The maximum absolute atomic E-state index is 11.8. The fourth-order valence-corrected chi connectivity index (χ4v) is 4.24. The maximum atomic E-state index is 11.8. The molecule has 0 bridgehead atoms. The molecule has 0 saturated carbocycles. The van der Waals surface area contributed by atoms with E-state index in [0.717, 1.165) is 25.8 Å². The Morgan fingerprint density at radius 1 is 0.688 bits per heavy atom. The van der Waals surface area contributed by atoms with Crippen molar-refractivity contribution in [1.29, 1.82) is 0 Å². The number of carbonyl (C=O) groups is 1. The molecule has 1 aromatic heterocycles. The number of rotatable bonds is 24. The highest BCUT2D eigenvalue weighted by Gasteiger charge is 2.02. The molecule has 0 radical (unpaired) electrons. The van der Waals surface area contributed by atoms with Crippen LogP contribution in [0.15, 0.2) is 18.7 Å². The van der Waals surface area contributed by atoms with Gasteiger partial charge in [0.1, 0.15) is 0 Å². The monoisotopic (exact) mass is 448 g/mol. The van der Waals surface area contributed by atoms with Gasteiger partial charge in [0.15, 0.2) is 0 Å². The maximum Gasteiger partial charge on any atom is 0.305 e. The summed E-state index contributed by atoms with van der Waals surface area (Å²) < 4.78 is 7.55. The number of aryl methyl sites for hydroxylation is 1. The van der Waals surface area contributed by atoms with Crippen molar-refractivity contribution in [3.8, 4) is 0 Å². The van der Waals surface area contributed by atoms with Crippen molar-refractivity contribution >= 4 is 5.97 Å². The Kier molecular flexibility index (Phi) is 20.5. The quantitative estimate of drug-likeness (QED) is 0.117. The molecule has 4 nitrogen and oxygen atoms in total. The fourth-order valence-electron chi connectivity index (χ4n) is 4.24. The second-order valence-corrected chi connectivity index (χ2v) is 9.49. The van der Waals surface area contributed by atoms with Crippen LogP contribution in [-0.4, -0.2) is 22.1 Å². The highest BCUT2D eigenvalue weighted by atomic mass is 16.5. The molecule has 1 heterocycles. The number of ether oxygens (including phenoxy) is 1. The van der Waals surface area contributed by atoms with Gasteiger partial charge in [0.25, 0.3) is 0 Å². The number of imidazole rings is 1. The van der Waals surface area contributed by atoms with Gasteiger partial charge in [0, 0.05) is 25.4 Å². The Morgan fingerprint density at radius 3 is 1.72 bits per heavy atom. The molecule has 0 saturated heterocycles. The lowest BCUT2D eigenvalue weighted by molar-refractivity contribution is -0.143. The number of nitrogens with zero attached hydrogens (tertiary/aromatic N) is 2. The van der Waals surface area contributed by atoms with Gasteiger partial charge in [0.05, 0.1) is 12.9 Å². The van der Waals surface area contributed by atoms with E-state index in [2.05, 4.69) is 16.5 Å². The third-order valence-electron chi connectivity index (χ3n) is 6.37. The molecule has 4 heteroatoms. The number of unbranched alkanes of at least 4 members (excludes halogenated alkanes) is 18. The van der Waals surface area contributed by atoms with E-state index in [9.17, 15) is 4.79 Å². The summed E-state index contributed by atoms with van der Waals surface area (Å²) in [6.07, 6.45) is 32.2. The van der Waals surface area contributed by atoms with Gasteiger partial charge in [-0.15, -0.1) is 0 Å². The van der Waals surface area contributed by atoms with E-state index in [1.54, 1.807) is 0 Å². The van der Waals surface area contributed by atoms with E-state index >= 15 is 0 Å². The first-order chi connectivity index (χ1) is 15.8. The van der Waals surface area contributed by atoms with Crippen molar-refractivity contribution in [2.75, 3.05) is 6.61 Å². The third kappa shape index (κ3) is 19.4. The van der Waals surface area contributed by atoms with Crippen LogP contribution in [0.3, 0.4) is 0 Å². The Morgan fingerprint density at radius 2 is 1.19 bits per heavy atom. The van der Waals surface area contributed by atoms with Gasteiger partial charge in [-0.2, -0.15) is 0 Å². The molecule has 0 atom stereocenters. The fraction of sp³-hybridized carbons (Fsp3) is 0.857. The number of hydrogen-bond acceptors (Lipinski definition) is 3. The van der Waals surface area contributed by atoms with Crippen LogP contribution in [0, 0.1) is 0 Å². The molecule has 0 spiro atoms. The summed E-state index contributed by atoms with van der Waals surface area (Å²) >= 11 is 0. The van der Waals surface area contributed by atoms with Crippen LogP contribution in [0.4, 0.5) is 0 Å². The zero-order chi connectivity index (χ0) is 23.0. The average Bonchev–Trinajstić information content (AvgIpc) is 3.32. The summed E-state index contributed by atoms with van der Waals surface area (Å²) in [5.74, 6) is 0.0108. The van der Waals surface area contributed by atoms with Gasteiger partial charge in [-0.1, -0.05) is 116 Å². The first kappa shape index (κ1) is 28.7. The topological polar surface area (TPSA) is 44.1 Å². The largest absolute Gasteiger partial charge is 0.466 e. The van der Waals surface area contributed by atoms with E-state index in [-0.39, 0.29) is 5.97 Å². The minimum absolute atomic E-state index is 0.0108. The minimum atomic E-state index is 0.0108. The van der Waals surface area contributed by atoms with Gasteiger partial charge < -0.3 is 9.30 Å². The second kappa shape index (κ2) is 22.9. The van der Waals surface area contributed by atoms with Gasteiger partial charge in [-0.3, -0.25) is 4.79 Å². The molecule has 0 unspecified atom stereocenters. The molecule has 186 valence electrons. The average molecular weight is 449 g/mol. The van der Waals surface area contributed by atoms with Crippen molar-refractivity contribution in [2.45, 2.75) is 148 Å². The molecule has 1 aromatic rings. The van der Waals surface area contributed by atoms with Gasteiger partial charge in [-0.25, -0.2) is 4.98 Å². The molecular weight excluding hydrogens is 396 g/mol. The van der Waals surface area contributed by atoms with Crippen molar-refractivity contribution in [3.63, 3.8) is 0 Å². The van der Waals surface area contributed by atoms with Crippen LogP contribution in [0.5, 0.6) is 0 Å². The SMILES string of the molecule is CCCCCCCCCCCCOC(=O)CCCCCCCCCCCCn1ccnc1. The lowest BCUT2D eigenvalue weighted by Crippen LogP contribution is -2.05. The molecule has 0 N–H and O–H groups in total. The van der Waals surface area contributed by atoms with Crippen LogP contribution in [0.25, 0.3) is 0 Å². The Labute approximate surface area is 198 Å². The molecule has 0 aliphatic carbocycles. The van der Waals surface area contributed by atoms with Gasteiger partial charge in [0.2, 0.25) is 0 Å². The van der Waals surface area contributed by atoms with Crippen LogP contribution < -0.4 is 0 Å². The Balaban J connectivity index is 1.70. The van der Waals surface area contributed by atoms with E-state index in [4.69, 9.17) is 4.74 Å². The summed E-state index contributed by atoms with van der Waals surface area (Å²) in [5, 5.41) is 0. The van der Waals surface area contributed by atoms with Crippen molar-refractivity contribution in [3.05, 3.63) is 18.7 Å². The summed E-state index contributed by atoms with van der Waals surface area (Å²) in [6, 6.07) is 0. The highest BCUT2D eigenvalue weighted by Crippen LogP contribution is 2.13. The molecule has 0 aliphatic rings. The predicted octanol–water partition coefficient (Wildman–Crippen LogP) is 8.64. The van der Waals surface area contributed by atoms with Crippen molar-refractivity contribution < 1.29 is 9.53 Å². The highest BCUT2D eigenvalue weighted by molar-refractivity contribution is 5.69. The molecule has 1 rings (SSSR count). The van der Waals surface area contributed by atoms with E-state index in [0.29, 0.717) is 13.0 Å². The van der Waals surface area contributed by atoms with Crippen LogP contribution in [-0.2, 0) is 16.1 Å². The summed E-state index contributed by atoms with van der Waals surface area (Å²) in [7, 11) is 0. The Bertz CT molecular complexity index is 502. The molecule has 0 fully saturated rings. The van der Waals surface area contributed by atoms with Gasteiger partial charge >= 0.3 is 5.97 Å². The first-order valence-corrected chi connectivity index (χ1v) is 13.9. The molecular formula is C28H52N2O2. The lowest BCUT2D eigenvalue weighted by atomic mass is 10.1. The van der Waals surface area contributed by atoms with E-state index < -0.39 is 0 Å². The zero-order valence-corrected chi connectivity index (χ0v) is 21.2. The second-order valence-electron chi connectivity index (χ2n) is 9.49. The van der Waals surface area contributed by atoms with Crippen LogP contribution >= 0.6 is 0 Å². The van der Waals surface area contributed by atoms with Crippen LogP contribution in [0.1, 0.15) is 142 Å². The summed E-state index contributed by atoms with van der Waals surface area (Å²) in [6.45, 7) is 3.99. The van der Waals surface area contributed by atoms with Gasteiger partial charge in [-0.05, 0) is 19.3 Å². The smallest absolute Gasteiger partial charge is 0.305 e. The van der Waals surface area contributed by atoms with E-state index in [1.807, 2.05) is 18.7 Å². The first-order valence-electron chi connectivity index (χ1n) is 13.9. The molecule has 32 heavy (non-hydrogen) atoms. The zero-order valence-electron chi connectivity index (χ0n) is 21.2. The summed E-state index contributed by atoms with van der Waals surface area (Å²) in [4.78, 5) is 15.9. The predicted molar refractivity (Wildman–Crippen MR) is 136 cm³/mol. The van der Waals surface area contributed by atoms with Crippen molar-refractivity contribution in [2.24, 2.45) is 0 Å². The van der Waals surface area contributed by atoms with Crippen LogP contribution in [0.2, 0.25) is 0 Å². The number of hydrogen-bond donors (Lipinski definition) is 0. The number of esters is 1. The standard InChI is InChI=1S/C28H52N2O2/c1-2-3-4-5-6-7-12-15-18-21-26-32-28(31)22-19-16-13-10-8-9-11-14-17-20-24-30-25-23-29-27-30/h23,25,27H,2-22,24,26H2,1H3. The number of aromatic nitrogens is 2. The lowest BCUT2D eigenvalue weighted by Gasteiger charge is -2.06. The minimum Gasteiger partial charge on any atom is -0.466 e. The normalized spacial score (nSPS) is 11.2. The van der Waals surface area contributed by atoms with Crippen molar-refractivity contribution in [1.82, 2.24) is 9.55 Å². The third-order valence-corrected chi connectivity index (χ3v) is 6.37. The Hall–Kier alpha value is -1.32. The summed E-state index contributed by atoms with van der Waals surface area (Å²) in [5.41, 5.74) is 0. The number of carbonyl (C=O) groups excluding carboxylic acids is 1. The van der Waals surface area contributed by atoms with E-state index in [1.165, 1.54) is 109 Å².